The van der Waals surface area contributed by atoms with E-state index in [1.807, 2.05) is 48.5 Å². The second-order valence-corrected chi connectivity index (χ2v) is 8.54. The number of anilines is 2. The summed E-state index contributed by atoms with van der Waals surface area (Å²) in [6.07, 6.45) is 2.04. The fraction of sp³-hybridized carbons (Fsp3) is 0.417. The van der Waals surface area contributed by atoms with Crippen LogP contribution in [0.2, 0.25) is 0 Å². The van der Waals surface area contributed by atoms with Gasteiger partial charge in [0.15, 0.2) is 0 Å². The number of carbonyl (C=O) groups excluding carboxylic acids is 2. The molecular weight excluding hydrogens is 392 g/mol. The smallest absolute Gasteiger partial charge is 0.414 e. The van der Waals surface area contributed by atoms with Gasteiger partial charge in [-0.3, -0.25) is 9.69 Å². The van der Waals surface area contributed by atoms with E-state index in [1.54, 1.807) is 4.90 Å². The lowest BCUT2D eigenvalue weighted by Gasteiger charge is -2.43. The molecule has 0 bridgehead atoms. The predicted octanol–water partition coefficient (Wildman–Crippen LogP) is 2.83. The number of nitrogens with one attached hydrogen (secondary N) is 1. The summed E-state index contributed by atoms with van der Waals surface area (Å²) in [6, 6.07) is 19.8. The van der Waals surface area contributed by atoms with Crippen LogP contribution in [0, 0.1) is 0 Å². The van der Waals surface area contributed by atoms with Gasteiger partial charge in [-0.25, -0.2) is 4.79 Å². The minimum absolute atomic E-state index is 0.0980. The molecule has 1 spiro atoms. The fourth-order valence-corrected chi connectivity index (χ4v) is 5.00. The maximum Gasteiger partial charge on any atom is 0.414 e. The van der Waals surface area contributed by atoms with Crippen molar-refractivity contribution in [2.45, 2.75) is 30.9 Å². The molecule has 0 aromatic heterocycles. The van der Waals surface area contributed by atoms with Crippen molar-refractivity contribution in [2.24, 2.45) is 0 Å². The molecule has 2 aromatic rings. The summed E-state index contributed by atoms with van der Waals surface area (Å²) in [6.45, 7) is 3.74. The number of likely N-dealkylation sites (tertiary alicyclic amines) is 1. The lowest BCUT2D eigenvalue weighted by molar-refractivity contribution is -0.125. The van der Waals surface area contributed by atoms with Gasteiger partial charge < -0.3 is 19.9 Å². The Bertz CT molecular complexity index is 928. The number of hydrogen-bond donors (Lipinski definition) is 1. The minimum atomic E-state index is -0.457. The first kappa shape index (κ1) is 19.9. The Balaban J connectivity index is 1.16. The number of cyclic esters (lactones) is 1. The van der Waals surface area contributed by atoms with E-state index >= 15 is 0 Å². The summed E-state index contributed by atoms with van der Waals surface area (Å²) in [5.74, 6) is 0.138. The van der Waals surface area contributed by atoms with Crippen LogP contribution in [0.1, 0.15) is 19.3 Å². The minimum Gasteiger partial charge on any atom is -0.444 e. The highest BCUT2D eigenvalue weighted by Gasteiger charge is 2.50. The maximum atomic E-state index is 12.8. The molecule has 31 heavy (non-hydrogen) atoms. The molecule has 3 aliphatic rings. The molecule has 5 rings (SSSR count). The van der Waals surface area contributed by atoms with Gasteiger partial charge in [0, 0.05) is 31.0 Å². The third-order valence-corrected chi connectivity index (χ3v) is 6.80. The SMILES string of the molecule is O=C1OC(CCN2CCC3(CC2)C(=O)NCN3c2ccccc2)CN1c1ccccc1. The normalized spacial score (nSPS) is 23.3. The first-order chi connectivity index (χ1) is 15.2. The Morgan fingerprint density at radius 2 is 1.58 bits per heavy atom. The second kappa shape index (κ2) is 8.23. The molecule has 1 N–H and O–H groups in total. The van der Waals surface area contributed by atoms with Gasteiger partial charge in [0.25, 0.3) is 0 Å². The number of carbonyl (C=O) groups is 2. The third kappa shape index (κ3) is 3.74. The van der Waals surface area contributed by atoms with Crippen LogP contribution in [-0.2, 0) is 9.53 Å². The maximum absolute atomic E-state index is 12.8. The van der Waals surface area contributed by atoms with Crippen LogP contribution in [-0.4, -0.2) is 61.4 Å². The summed E-state index contributed by atoms with van der Waals surface area (Å²) < 4.78 is 5.59. The second-order valence-electron chi connectivity index (χ2n) is 8.54. The number of hydrogen-bond acceptors (Lipinski definition) is 5. The lowest BCUT2D eigenvalue weighted by Crippen LogP contribution is -2.56. The van der Waals surface area contributed by atoms with Crippen LogP contribution >= 0.6 is 0 Å². The van der Waals surface area contributed by atoms with E-state index < -0.39 is 5.54 Å². The number of para-hydroxylation sites is 2. The van der Waals surface area contributed by atoms with Crippen molar-refractivity contribution in [2.75, 3.05) is 42.6 Å². The quantitative estimate of drug-likeness (QED) is 0.806. The van der Waals surface area contributed by atoms with E-state index in [2.05, 4.69) is 27.2 Å². The zero-order valence-corrected chi connectivity index (χ0v) is 17.6. The molecule has 0 aliphatic carbocycles. The van der Waals surface area contributed by atoms with E-state index in [1.165, 1.54) is 0 Å². The summed E-state index contributed by atoms with van der Waals surface area (Å²) in [7, 11) is 0. The molecule has 0 radical (unpaired) electrons. The van der Waals surface area contributed by atoms with Gasteiger partial charge in [-0.15, -0.1) is 0 Å². The number of ether oxygens (including phenoxy) is 1. The average molecular weight is 421 g/mol. The topological polar surface area (TPSA) is 65.1 Å². The highest BCUT2D eigenvalue weighted by Crippen LogP contribution is 2.36. The largest absolute Gasteiger partial charge is 0.444 e. The Morgan fingerprint density at radius 1 is 0.935 bits per heavy atom. The molecular formula is C24H28N4O3. The number of nitrogens with zero attached hydrogens (tertiary/aromatic N) is 3. The Kier molecular flexibility index (Phi) is 5.28. The highest BCUT2D eigenvalue weighted by atomic mass is 16.6. The highest BCUT2D eigenvalue weighted by molar-refractivity contribution is 5.93. The van der Waals surface area contributed by atoms with Crippen molar-refractivity contribution < 1.29 is 14.3 Å². The van der Waals surface area contributed by atoms with E-state index in [0.717, 1.165) is 50.3 Å². The molecule has 1 atom stereocenters. The number of rotatable bonds is 5. The molecule has 2 aromatic carbocycles. The van der Waals surface area contributed by atoms with Gasteiger partial charge in [0.2, 0.25) is 5.91 Å². The van der Waals surface area contributed by atoms with Crippen LogP contribution in [0.4, 0.5) is 16.2 Å². The van der Waals surface area contributed by atoms with Crippen molar-refractivity contribution >= 4 is 23.4 Å². The first-order valence-corrected chi connectivity index (χ1v) is 11.0. The number of benzene rings is 2. The van der Waals surface area contributed by atoms with E-state index in [0.29, 0.717) is 13.2 Å². The summed E-state index contributed by atoms with van der Waals surface area (Å²) in [5.41, 5.74) is 1.51. The van der Waals surface area contributed by atoms with Gasteiger partial charge in [0.05, 0.1) is 13.2 Å². The predicted molar refractivity (Wildman–Crippen MR) is 119 cm³/mol. The summed E-state index contributed by atoms with van der Waals surface area (Å²) >= 11 is 0. The van der Waals surface area contributed by atoms with Gasteiger partial charge in [-0.1, -0.05) is 36.4 Å². The zero-order valence-electron chi connectivity index (χ0n) is 17.6. The lowest BCUT2D eigenvalue weighted by atomic mass is 9.85. The van der Waals surface area contributed by atoms with E-state index in [4.69, 9.17) is 4.74 Å². The van der Waals surface area contributed by atoms with Crippen LogP contribution in [0.15, 0.2) is 60.7 Å². The molecule has 7 heteroatoms. The van der Waals surface area contributed by atoms with Gasteiger partial charge in [-0.05, 0) is 43.5 Å². The monoisotopic (exact) mass is 420 g/mol. The molecule has 2 amide bonds. The van der Waals surface area contributed by atoms with Gasteiger partial charge in [0.1, 0.15) is 11.6 Å². The van der Waals surface area contributed by atoms with Crippen LogP contribution in [0.3, 0.4) is 0 Å². The van der Waals surface area contributed by atoms with E-state index in [-0.39, 0.29) is 18.1 Å². The summed E-state index contributed by atoms with van der Waals surface area (Å²) in [4.78, 5) is 31.4. The number of piperidine rings is 1. The Labute approximate surface area is 182 Å². The van der Waals surface area contributed by atoms with Crippen LogP contribution in [0.25, 0.3) is 0 Å². The molecule has 3 fully saturated rings. The first-order valence-electron chi connectivity index (χ1n) is 11.0. The van der Waals surface area contributed by atoms with E-state index in [9.17, 15) is 9.59 Å². The Morgan fingerprint density at radius 3 is 2.26 bits per heavy atom. The van der Waals surface area contributed by atoms with Crippen molar-refractivity contribution in [3.05, 3.63) is 60.7 Å². The molecule has 162 valence electrons. The Hall–Kier alpha value is -3.06. The molecule has 3 aliphatic heterocycles. The molecule has 1 unspecified atom stereocenters. The summed E-state index contributed by atoms with van der Waals surface area (Å²) in [5, 5.41) is 3.05. The zero-order chi connectivity index (χ0) is 21.3. The molecule has 0 saturated carbocycles. The van der Waals surface area contributed by atoms with Crippen molar-refractivity contribution in [1.29, 1.82) is 0 Å². The van der Waals surface area contributed by atoms with Crippen molar-refractivity contribution in [1.82, 2.24) is 10.2 Å². The van der Waals surface area contributed by atoms with Gasteiger partial charge in [-0.2, -0.15) is 0 Å². The number of amides is 2. The van der Waals surface area contributed by atoms with Gasteiger partial charge >= 0.3 is 6.09 Å². The standard InChI is InChI=1S/C24H28N4O3/c29-22-24(28(18-25-22)20-9-5-2-6-10-20)12-15-26(16-13-24)14-11-21-17-27(23(30)31-21)19-7-3-1-4-8-19/h1-10,21H,11-18H2,(H,25,29). The van der Waals surface area contributed by atoms with Crippen LogP contribution < -0.4 is 15.1 Å². The average Bonchev–Trinajstić information content (AvgIpc) is 3.34. The molecule has 3 heterocycles. The van der Waals surface area contributed by atoms with Crippen LogP contribution in [0.5, 0.6) is 0 Å². The van der Waals surface area contributed by atoms with Crippen molar-refractivity contribution in [3.63, 3.8) is 0 Å². The fourth-order valence-electron chi connectivity index (χ4n) is 5.00. The third-order valence-electron chi connectivity index (χ3n) is 6.80. The molecule has 7 nitrogen and oxygen atoms in total. The van der Waals surface area contributed by atoms with Crippen molar-refractivity contribution in [3.8, 4) is 0 Å². The molecule has 3 saturated heterocycles.